The number of nitrogens with zero attached hydrogens (tertiary/aromatic N) is 10. The smallest absolute Gasteiger partial charge is 0.458 e. The molecule has 129 heavy (non-hydrogen) atoms. The standard InChI is InChI=1S/C86H103N15O28/c1-42(2)62-80(110)96-35-17-19-57(96)78(108)92(13)37-59(102)94(15)67(44(5)6)82(112)126-48(11)64(76(106)87-62)89-74(104)56-34-21-46(9)71-69(56)98(85(115)124-40-51-24-30-54(31-25-51)100(119)120)70-61(66(91-84(114)123-39-50-22-28-53(29-23-50)99(117)118)72(47(10)73(70)128-71)129-86(116)125-41-52-26-32-55(33-27-52)101(121)122)75(105)90-65-49(12)127-83(113)68(45(7)8)95(16)60(103)38-93(14)79(109)58-20-18-36-97(58)81(111)63(43(3)4)88-77(65)107/h21-34,42-45,48-49,57-58,62-65,67-68H,17-20,35-41H2,1-16H3,(H,87,106)(H,88,107)(H,89,104)(H,90,105)(H,91,114)/t48-,49-,57+,58+,62-,63-,64+,65+,67+,68+/m1/s1. The van der Waals surface area contributed by atoms with Crippen molar-refractivity contribution in [2.24, 2.45) is 23.7 Å². The van der Waals surface area contributed by atoms with E-state index in [1.54, 1.807) is 41.5 Å². The summed E-state index contributed by atoms with van der Waals surface area (Å²) in [6, 6.07) is 3.30. The first-order valence-corrected chi connectivity index (χ1v) is 41.5. The number of esters is 2. The summed E-state index contributed by atoms with van der Waals surface area (Å²) in [7, 11) is 5.25. The van der Waals surface area contributed by atoms with Crippen molar-refractivity contribution in [2.75, 3.05) is 64.6 Å². The Morgan fingerprint density at radius 3 is 1.32 bits per heavy atom. The average molecular weight is 1790 g/mol. The summed E-state index contributed by atoms with van der Waals surface area (Å²) in [6.45, 7) is 13.9. The van der Waals surface area contributed by atoms with E-state index in [9.17, 15) is 63.9 Å². The second kappa shape index (κ2) is 40.9. The zero-order valence-electron chi connectivity index (χ0n) is 73.8. The average Bonchev–Trinajstić information content (AvgIpc) is 1.15. The molecule has 0 aliphatic carbocycles. The van der Waals surface area contributed by atoms with Crippen LogP contribution in [0.3, 0.4) is 0 Å². The number of nitro groups is 3. The van der Waals surface area contributed by atoms with Gasteiger partial charge in [0.25, 0.3) is 28.9 Å². The van der Waals surface area contributed by atoms with Gasteiger partial charge >= 0.3 is 30.3 Å². The molecule has 43 heteroatoms. The van der Waals surface area contributed by atoms with Crippen LogP contribution in [0.2, 0.25) is 0 Å². The molecular weight excluding hydrogens is 1690 g/mol. The van der Waals surface area contributed by atoms with E-state index in [1.165, 1.54) is 108 Å². The van der Waals surface area contributed by atoms with Crippen molar-refractivity contribution in [3.05, 3.63) is 154 Å². The third-order valence-corrected chi connectivity index (χ3v) is 22.8. The van der Waals surface area contributed by atoms with Gasteiger partial charge in [0.1, 0.15) is 97.4 Å². The van der Waals surface area contributed by atoms with Crippen molar-refractivity contribution >= 4 is 123 Å². The third kappa shape index (κ3) is 21.6. The molecule has 5 aromatic carbocycles. The van der Waals surface area contributed by atoms with E-state index in [0.29, 0.717) is 11.3 Å². The van der Waals surface area contributed by atoms with Crippen molar-refractivity contribution < 1.29 is 120 Å². The van der Waals surface area contributed by atoms with Crippen LogP contribution >= 0.6 is 0 Å². The van der Waals surface area contributed by atoms with E-state index in [1.807, 2.05) is 0 Å². The number of aryl methyl sites for hydroxylation is 1. The number of amides is 12. The molecule has 5 aliphatic rings. The number of fused-ring (bicyclic) bond motifs is 4. The molecule has 4 saturated heterocycles. The van der Waals surface area contributed by atoms with Gasteiger partial charge in [0, 0.05) is 83.2 Å². The van der Waals surface area contributed by atoms with Crippen molar-refractivity contribution in [1.29, 1.82) is 0 Å². The van der Waals surface area contributed by atoms with Crippen LogP contribution in [0.15, 0.2) is 84.9 Å². The summed E-state index contributed by atoms with van der Waals surface area (Å²) in [5.74, 6) is -17.7. The lowest BCUT2D eigenvalue weighted by Crippen LogP contribution is -2.61. The fourth-order valence-corrected chi connectivity index (χ4v) is 15.8. The molecule has 43 nitrogen and oxygen atoms in total. The lowest BCUT2D eigenvalue weighted by molar-refractivity contribution is -0.385. The summed E-state index contributed by atoms with van der Waals surface area (Å²) in [6.07, 6.45) is -7.81. The normalized spacial score (nSPS) is 21.7. The largest absolute Gasteiger partial charge is 0.514 e. The first-order valence-electron chi connectivity index (χ1n) is 41.5. The van der Waals surface area contributed by atoms with Crippen molar-refractivity contribution in [1.82, 2.24) is 50.7 Å². The number of anilines is 3. The number of hydrogen-bond acceptors (Lipinski definition) is 28. The van der Waals surface area contributed by atoms with Gasteiger partial charge in [-0.05, 0) is 142 Å². The molecule has 0 spiro atoms. The number of rotatable bonds is 19. The predicted molar refractivity (Wildman–Crippen MR) is 453 cm³/mol. The summed E-state index contributed by atoms with van der Waals surface area (Å²) in [5, 5.41) is 48.4. The quantitative estimate of drug-likeness (QED) is 0.0178. The molecule has 0 aromatic heterocycles. The van der Waals surface area contributed by atoms with Gasteiger partial charge < -0.3 is 83.8 Å². The number of carbonyl (C=O) groups excluding carboxylic acids is 15. The molecule has 0 bridgehead atoms. The molecule has 5 aromatic rings. The summed E-state index contributed by atoms with van der Waals surface area (Å²) in [4.78, 5) is 269. The molecule has 10 rings (SSSR count). The highest BCUT2D eigenvalue weighted by Gasteiger charge is 2.50. The lowest BCUT2D eigenvalue weighted by atomic mass is 9.96. The minimum Gasteiger partial charge on any atom is -0.458 e. The molecule has 690 valence electrons. The van der Waals surface area contributed by atoms with Gasteiger partial charge in [0.15, 0.2) is 17.2 Å². The molecule has 12 amide bonds. The molecule has 0 unspecified atom stereocenters. The maximum Gasteiger partial charge on any atom is 0.514 e. The van der Waals surface area contributed by atoms with Gasteiger partial charge in [-0.1, -0.05) is 61.5 Å². The summed E-state index contributed by atoms with van der Waals surface area (Å²) in [5.41, 5.74) is -6.10. The zero-order valence-corrected chi connectivity index (χ0v) is 73.8. The van der Waals surface area contributed by atoms with E-state index in [4.69, 9.17) is 33.2 Å². The number of carbonyl (C=O) groups is 15. The van der Waals surface area contributed by atoms with Crippen molar-refractivity contribution in [2.45, 2.75) is 189 Å². The maximum atomic E-state index is 17.1. The Hall–Kier alpha value is -14.4. The second-order valence-electron chi connectivity index (χ2n) is 33.4. The van der Waals surface area contributed by atoms with E-state index in [0.717, 1.165) is 75.9 Å². The highest BCUT2D eigenvalue weighted by molar-refractivity contribution is 6.19. The Morgan fingerprint density at radius 1 is 0.512 bits per heavy atom. The fraction of sp³-hybridized carbons (Fsp3) is 0.477. The van der Waals surface area contributed by atoms with Crippen molar-refractivity contribution in [3.8, 4) is 17.2 Å². The number of nitrogens with one attached hydrogen (secondary N) is 5. The highest BCUT2D eigenvalue weighted by atomic mass is 16.7. The van der Waals surface area contributed by atoms with Crippen molar-refractivity contribution in [3.63, 3.8) is 0 Å². The van der Waals surface area contributed by atoms with Gasteiger partial charge in [-0.2, -0.15) is 0 Å². The Morgan fingerprint density at radius 2 is 0.915 bits per heavy atom. The molecular formula is C86H103N15O28. The summed E-state index contributed by atoms with van der Waals surface area (Å²) >= 11 is 0. The maximum absolute atomic E-state index is 17.1. The first-order chi connectivity index (χ1) is 60.8. The van der Waals surface area contributed by atoms with Crippen LogP contribution in [0, 0.1) is 67.9 Å². The van der Waals surface area contributed by atoms with Gasteiger partial charge in [-0.25, -0.2) is 28.9 Å². The number of ether oxygens (including phenoxy) is 7. The molecule has 5 N–H and O–H groups in total. The van der Waals surface area contributed by atoms with Crippen LogP contribution in [0.1, 0.15) is 143 Å². The molecule has 5 aliphatic heterocycles. The summed E-state index contributed by atoms with van der Waals surface area (Å²) < 4.78 is 42.5. The van der Waals surface area contributed by atoms with Gasteiger partial charge in [-0.3, -0.25) is 83.6 Å². The van der Waals surface area contributed by atoms with Gasteiger partial charge in [0.05, 0.1) is 39.0 Å². The number of hydrogen-bond donors (Lipinski definition) is 5. The minimum absolute atomic E-state index is 0.00426. The Kier molecular flexibility index (Phi) is 30.7. The van der Waals surface area contributed by atoms with E-state index >= 15 is 38.4 Å². The molecule has 10 atom stereocenters. The molecule has 4 fully saturated rings. The monoisotopic (exact) mass is 1790 g/mol. The number of likely N-dealkylation sites (N-methyl/N-ethyl adjacent to an activating group) is 4. The molecule has 0 saturated carbocycles. The van der Waals surface area contributed by atoms with E-state index < -0.39 is 278 Å². The Balaban J connectivity index is 1.23. The number of nitro benzene ring substituents is 3. The van der Waals surface area contributed by atoms with Crippen LogP contribution in [-0.2, 0) is 91.5 Å². The lowest BCUT2D eigenvalue weighted by Gasteiger charge is -2.37. The zero-order chi connectivity index (χ0) is 94.9. The molecule has 5 heterocycles. The number of non-ortho nitro benzene ring substituents is 3. The number of benzene rings is 5. The van der Waals surface area contributed by atoms with Crippen LogP contribution in [0.5, 0.6) is 17.2 Å². The third-order valence-electron chi connectivity index (χ3n) is 22.8. The first kappa shape index (κ1) is 96.8. The number of cyclic esters (lactones) is 2. The van der Waals surface area contributed by atoms with Crippen LogP contribution in [-0.4, -0.2) is 248 Å². The topological polar surface area (TPSA) is 533 Å². The Bertz CT molecular complexity index is 5280. The van der Waals surface area contributed by atoms with Gasteiger partial charge in [-0.15, -0.1) is 0 Å². The SMILES string of the molecule is Cc1ccc(C(=O)N[C@@H]2C(=O)N[C@H](C(C)C)C(=O)N3CCC[C@H]3C(=O)N(C)CC(=O)N(C)[C@@H](C(C)C)C(=O)O[C@@H]2C)c2c1Oc1c(C)c(OC(=O)OCc3ccc([N+](=O)[O-])cc3)c(NC(=O)OCc3ccc([N+](=O)[O-])cc3)c(C(=O)N[C@@H]3C(=O)N[C@H](C(C)C)C(=O)N4CCC[C@H]4C(=O)N(C)CC(=O)N(C)[C@@H](C(C)C)C(=O)O[C@@H]3C)c1N2C(=O)OCc1ccc([N+](=O)[O-])cc1. The van der Waals surface area contributed by atoms with E-state index in [-0.39, 0.29) is 66.0 Å². The highest BCUT2D eigenvalue weighted by Crippen LogP contribution is 2.58. The fourth-order valence-electron chi connectivity index (χ4n) is 15.8. The Labute approximate surface area is 739 Å². The van der Waals surface area contributed by atoms with Crippen LogP contribution in [0.25, 0.3) is 0 Å². The van der Waals surface area contributed by atoms with Crippen LogP contribution in [0.4, 0.5) is 48.5 Å². The molecule has 0 radical (unpaired) electrons. The van der Waals surface area contributed by atoms with E-state index in [2.05, 4.69) is 26.6 Å². The minimum atomic E-state index is -2.34. The second-order valence-corrected chi connectivity index (χ2v) is 33.4. The van der Waals surface area contributed by atoms with Gasteiger partial charge in [0.2, 0.25) is 47.3 Å². The van der Waals surface area contributed by atoms with Crippen LogP contribution < -0.4 is 41.0 Å². The predicted octanol–water partition coefficient (Wildman–Crippen LogP) is 7.31.